The lowest BCUT2D eigenvalue weighted by atomic mass is 9.91. The van der Waals surface area contributed by atoms with E-state index >= 15 is 0 Å². The molecule has 0 saturated heterocycles. The molecule has 3 rings (SSSR count). The van der Waals surface area contributed by atoms with E-state index < -0.39 is 0 Å². The minimum atomic E-state index is -0.131. The zero-order valence-electron chi connectivity index (χ0n) is 15.4. The van der Waals surface area contributed by atoms with Crippen molar-refractivity contribution in [1.82, 2.24) is 15.2 Å². The molecule has 1 N–H and O–H groups in total. The molecule has 25 heavy (non-hydrogen) atoms. The van der Waals surface area contributed by atoms with E-state index in [-0.39, 0.29) is 17.5 Å². The van der Waals surface area contributed by atoms with Gasteiger partial charge in [-0.2, -0.15) is 0 Å². The number of amides is 2. The van der Waals surface area contributed by atoms with Crippen molar-refractivity contribution in [3.8, 4) is 0 Å². The lowest BCUT2D eigenvalue weighted by Crippen LogP contribution is -2.44. The number of aromatic nitrogens is 1. The van der Waals surface area contributed by atoms with Crippen molar-refractivity contribution >= 4 is 11.7 Å². The Balaban J connectivity index is 1.73. The molecular weight excluding hydrogens is 312 g/mol. The molecule has 0 saturated carbocycles. The predicted molar refractivity (Wildman–Crippen MR) is 101 cm³/mol. The minimum absolute atomic E-state index is 0.0670. The van der Waals surface area contributed by atoms with Crippen LogP contribution in [-0.4, -0.2) is 43.1 Å². The SMILES string of the molecule is CN(C)[C@@H](CNC(=O)N1CC(C)(C)c2ncccc21)c1ccccc1. The van der Waals surface area contributed by atoms with Gasteiger partial charge in [0.25, 0.3) is 0 Å². The molecule has 1 aromatic carbocycles. The summed E-state index contributed by atoms with van der Waals surface area (Å²) in [5.74, 6) is 0. The second-order valence-corrected chi connectivity index (χ2v) is 7.42. The first-order valence-corrected chi connectivity index (χ1v) is 8.62. The molecule has 0 unspecified atom stereocenters. The molecule has 1 aromatic heterocycles. The summed E-state index contributed by atoms with van der Waals surface area (Å²) >= 11 is 0. The molecule has 5 heteroatoms. The van der Waals surface area contributed by atoms with Gasteiger partial charge in [0.15, 0.2) is 0 Å². The predicted octanol–water partition coefficient (Wildman–Crippen LogP) is 3.19. The van der Waals surface area contributed by atoms with Crippen LogP contribution in [0.25, 0.3) is 0 Å². The first-order valence-electron chi connectivity index (χ1n) is 8.62. The Morgan fingerprint density at radius 1 is 1.24 bits per heavy atom. The zero-order chi connectivity index (χ0) is 18.0. The Bertz CT molecular complexity index is 742. The van der Waals surface area contributed by atoms with E-state index in [4.69, 9.17) is 0 Å². The van der Waals surface area contributed by atoms with Gasteiger partial charge in [-0.15, -0.1) is 0 Å². The number of rotatable bonds is 4. The standard InChI is InChI=1S/C20H26N4O/c1-20(2)14-24(16-11-8-12-21-18(16)20)19(25)22-13-17(23(3)4)15-9-6-5-7-10-15/h5-12,17H,13-14H2,1-4H3,(H,22,25)/t17-/m0/s1. The third-order valence-electron chi connectivity index (χ3n) is 4.77. The largest absolute Gasteiger partial charge is 0.336 e. The maximum absolute atomic E-state index is 12.8. The number of likely N-dealkylation sites (N-methyl/N-ethyl adjacent to an activating group) is 1. The number of anilines is 1. The summed E-state index contributed by atoms with van der Waals surface area (Å²) in [6.07, 6.45) is 1.79. The highest BCUT2D eigenvalue weighted by Crippen LogP contribution is 2.38. The number of fused-ring (bicyclic) bond motifs is 1. The molecule has 2 aromatic rings. The van der Waals surface area contributed by atoms with Crippen molar-refractivity contribution < 1.29 is 4.79 Å². The smallest absolute Gasteiger partial charge is 0.322 e. The molecule has 1 aliphatic heterocycles. The Hall–Kier alpha value is -2.40. The van der Waals surface area contributed by atoms with Crippen LogP contribution in [0.15, 0.2) is 48.7 Å². The van der Waals surface area contributed by atoms with Gasteiger partial charge in [0.1, 0.15) is 0 Å². The van der Waals surface area contributed by atoms with Gasteiger partial charge in [-0.05, 0) is 31.8 Å². The molecule has 5 nitrogen and oxygen atoms in total. The van der Waals surface area contributed by atoms with Gasteiger partial charge in [0, 0.05) is 24.7 Å². The van der Waals surface area contributed by atoms with E-state index in [1.54, 1.807) is 11.1 Å². The number of carbonyl (C=O) groups is 1. The summed E-state index contributed by atoms with van der Waals surface area (Å²) in [4.78, 5) is 21.2. The van der Waals surface area contributed by atoms with Crippen LogP contribution in [-0.2, 0) is 5.41 Å². The molecule has 0 aliphatic carbocycles. The summed E-state index contributed by atoms with van der Waals surface area (Å²) < 4.78 is 0. The molecule has 2 amide bonds. The quantitative estimate of drug-likeness (QED) is 0.931. The van der Waals surface area contributed by atoms with Crippen LogP contribution in [0, 0.1) is 0 Å². The van der Waals surface area contributed by atoms with Crippen molar-refractivity contribution in [3.63, 3.8) is 0 Å². The summed E-state index contributed by atoms with van der Waals surface area (Å²) in [5, 5.41) is 3.10. The molecule has 0 radical (unpaired) electrons. The van der Waals surface area contributed by atoms with Gasteiger partial charge in [-0.25, -0.2) is 4.79 Å². The van der Waals surface area contributed by atoms with E-state index in [1.165, 1.54) is 5.56 Å². The maximum atomic E-state index is 12.8. The number of hydrogen-bond acceptors (Lipinski definition) is 3. The Labute approximate surface area is 149 Å². The van der Waals surface area contributed by atoms with Gasteiger partial charge in [0.05, 0.1) is 17.4 Å². The first kappa shape index (κ1) is 17.4. The zero-order valence-corrected chi connectivity index (χ0v) is 15.4. The molecule has 2 heterocycles. The van der Waals surface area contributed by atoms with Crippen LogP contribution in [0.5, 0.6) is 0 Å². The fourth-order valence-electron chi connectivity index (χ4n) is 3.43. The third-order valence-corrected chi connectivity index (χ3v) is 4.77. The van der Waals surface area contributed by atoms with Crippen molar-refractivity contribution in [2.45, 2.75) is 25.3 Å². The van der Waals surface area contributed by atoms with Gasteiger partial charge >= 0.3 is 6.03 Å². The van der Waals surface area contributed by atoms with Gasteiger partial charge in [-0.1, -0.05) is 44.2 Å². The average Bonchev–Trinajstić information content (AvgIpc) is 2.87. The lowest BCUT2D eigenvalue weighted by molar-refractivity contribution is 0.237. The molecular formula is C20H26N4O. The van der Waals surface area contributed by atoms with E-state index in [1.807, 2.05) is 44.4 Å². The molecule has 132 valence electrons. The van der Waals surface area contributed by atoms with E-state index in [0.717, 1.165) is 11.4 Å². The Kier molecular flexibility index (Phi) is 4.77. The first-order chi connectivity index (χ1) is 11.9. The number of carbonyl (C=O) groups excluding carboxylic acids is 1. The average molecular weight is 338 g/mol. The summed E-state index contributed by atoms with van der Waals surface area (Å²) in [7, 11) is 4.06. The molecule has 0 spiro atoms. The van der Waals surface area contributed by atoms with Crippen molar-refractivity contribution in [1.29, 1.82) is 0 Å². The van der Waals surface area contributed by atoms with Crippen LogP contribution in [0.1, 0.15) is 31.1 Å². The second kappa shape index (κ2) is 6.84. The van der Waals surface area contributed by atoms with Crippen LogP contribution in [0.4, 0.5) is 10.5 Å². The maximum Gasteiger partial charge on any atom is 0.322 e. The van der Waals surface area contributed by atoms with Crippen molar-refractivity contribution in [2.75, 3.05) is 32.1 Å². The van der Waals surface area contributed by atoms with E-state index in [9.17, 15) is 4.79 Å². The number of nitrogens with zero attached hydrogens (tertiary/aromatic N) is 3. The van der Waals surface area contributed by atoms with Gasteiger partial charge < -0.3 is 10.2 Å². The van der Waals surface area contributed by atoms with Crippen LogP contribution in [0.3, 0.4) is 0 Å². The molecule has 1 aliphatic rings. The molecule has 0 bridgehead atoms. The normalized spacial score (nSPS) is 16.6. The number of nitrogens with one attached hydrogen (secondary N) is 1. The van der Waals surface area contributed by atoms with Crippen molar-refractivity contribution in [3.05, 3.63) is 59.9 Å². The number of benzene rings is 1. The molecule has 0 fully saturated rings. The molecule has 1 atom stereocenters. The van der Waals surface area contributed by atoms with Crippen LogP contribution in [0.2, 0.25) is 0 Å². The Morgan fingerprint density at radius 3 is 2.64 bits per heavy atom. The third kappa shape index (κ3) is 3.51. The summed E-state index contributed by atoms with van der Waals surface area (Å²) in [5.41, 5.74) is 2.95. The fraction of sp³-hybridized carbons (Fsp3) is 0.400. The van der Waals surface area contributed by atoms with Gasteiger partial charge in [0.2, 0.25) is 0 Å². The second-order valence-electron chi connectivity index (χ2n) is 7.42. The van der Waals surface area contributed by atoms with Gasteiger partial charge in [-0.3, -0.25) is 9.88 Å². The highest BCUT2D eigenvalue weighted by molar-refractivity contribution is 5.94. The topological polar surface area (TPSA) is 48.5 Å². The number of pyridine rings is 1. The highest BCUT2D eigenvalue weighted by atomic mass is 16.2. The summed E-state index contributed by atoms with van der Waals surface area (Å²) in [6.45, 7) is 5.45. The lowest BCUT2D eigenvalue weighted by Gasteiger charge is -2.27. The van der Waals surface area contributed by atoms with Crippen LogP contribution >= 0.6 is 0 Å². The van der Waals surface area contributed by atoms with E-state index in [0.29, 0.717) is 13.1 Å². The highest BCUT2D eigenvalue weighted by Gasteiger charge is 2.39. The minimum Gasteiger partial charge on any atom is -0.336 e. The van der Waals surface area contributed by atoms with E-state index in [2.05, 4.69) is 41.2 Å². The van der Waals surface area contributed by atoms with Crippen molar-refractivity contribution in [2.24, 2.45) is 0 Å². The number of hydrogen-bond donors (Lipinski definition) is 1. The summed E-state index contributed by atoms with van der Waals surface area (Å²) in [6, 6.07) is 14.2. The van der Waals surface area contributed by atoms with Crippen LogP contribution < -0.4 is 10.2 Å². The monoisotopic (exact) mass is 338 g/mol. The number of urea groups is 1. The fourth-order valence-corrected chi connectivity index (χ4v) is 3.43. The Morgan fingerprint density at radius 2 is 1.96 bits per heavy atom.